The average molecular weight is 493 g/mol. The van der Waals surface area contributed by atoms with Crippen molar-refractivity contribution < 1.29 is 14.3 Å². The number of hydrogen-bond donors (Lipinski definition) is 1. The molecule has 0 spiro atoms. The Morgan fingerprint density at radius 3 is 2.35 bits per heavy atom. The molecule has 0 saturated carbocycles. The van der Waals surface area contributed by atoms with E-state index in [1.54, 1.807) is 12.1 Å². The van der Waals surface area contributed by atoms with Crippen LogP contribution in [-0.2, 0) is 11.4 Å². The van der Waals surface area contributed by atoms with Crippen molar-refractivity contribution in [3.63, 3.8) is 0 Å². The molecule has 1 aliphatic rings. The van der Waals surface area contributed by atoms with Gasteiger partial charge in [-0.1, -0.05) is 59.1 Å². The van der Waals surface area contributed by atoms with Crippen LogP contribution in [0.1, 0.15) is 29.2 Å². The number of nitrogens with one attached hydrogen (secondary N) is 1. The van der Waals surface area contributed by atoms with Crippen molar-refractivity contribution >= 4 is 46.2 Å². The maximum absolute atomic E-state index is 12.5. The Balaban J connectivity index is 1.54. The van der Waals surface area contributed by atoms with Gasteiger partial charge < -0.3 is 14.8 Å². The fourth-order valence-corrected chi connectivity index (χ4v) is 4.40. The van der Waals surface area contributed by atoms with Crippen molar-refractivity contribution in [2.75, 3.05) is 6.61 Å². The van der Waals surface area contributed by atoms with E-state index in [-0.39, 0.29) is 5.91 Å². The molecule has 3 aromatic rings. The van der Waals surface area contributed by atoms with Crippen LogP contribution in [0.2, 0.25) is 5.02 Å². The lowest BCUT2D eigenvalue weighted by molar-refractivity contribution is -0.115. The van der Waals surface area contributed by atoms with Crippen molar-refractivity contribution in [2.24, 2.45) is 4.99 Å². The summed E-state index contributed by atoms with van der Waals surface area (Å²) < 4.78 is 11.8. The summed E-state index contributed by atoms with van der Waals surface area (Å²) in [7, 11) is 0. The third-order valence-electron chi connectivity index (χ3n) is 5.05. The number of aryl methyl sites for hydroxylation is 2. The first-order chi connectivity index (χ1) is 16.4. The second kappa shape index (κ2) is 10.8. The number of amidine groups is 1. The van der Waals surface area contributed by atoms with Crippen molar-refractivity contribution in [1.82, 2.24) is 5.32 Å². The van der Waals surface area contributed by atoms with Gasteiger partial charge in [0.05, 0.1) is 22.2 Å². The zero-order valence-electron chi connectivity index (χ0n) is 19.2. The normalized spacial score (nSPS) is 15.6. The van der Waals surface area contributed by atoms with Crippen LogP contribution in [0.4, 0.5) is 5.69 Å². The fourth-order valence-electron chi connectivity index (χ4n) is 3.28. The van der Waals surface area contributed by atoms with E-state index < -0.39 is 0 Å². The second-order valence-electron chi connectivity index (χ2n) is 7.85. The smallest absolute Gasteiger partial charge is 0.264 e. The van der Waals surface area contributed by atoms with Gasteiger partial charge in [-0.15, -0.1) is 0 Å². The van der Waals surface area contributed by atoms with Gasteiger partial charge in [0.25, 0.3) is 5.91 Å². The van der Waals surface area contributed by atoms with E-state index in [1.807, 2.05) is 75.4 Å². The number of nitrogens with zero attached hydrogens (tertiary/aromatic N) is 1. The van der Waals surface area contributed by atoms with Gasteiger partial charge in [0, 0.05) is 0 Å². The number of rotatable bonds is 7. The van der Waals surface area contributed by atoms with E-state index in [9.17, 15) is 4.79 Å². The van der Waals surface area contributed by atoms with Crippen LogP contribution in [0.25, 0.3) is 6.08 Å². The van der Waals surface area contributed by atoms with Gasteiger partial charge in [-0.3, -0.25) is 4.79 Å². The van der Waals surface area contributed by atoms with Gasteiger partial charge in [-0.25, -0.2) is 4.99 Å². The molecule has 0 aromatic heterocycles. The molecular weight excluding hydrogens is 468 g/mol. The predicted molar refractivity (Wildman–Crippen MR) is 140 cm³/mol. The summed E-state index contributed by atoms with van der Waals surface area (Å²) in [4.78, 5) is 17.5. The molecular formula is C27H25ClN2O3S. The fraction of sp³-hybridized carbons (Fsp3) is 0.185. The summed E-state index contributed by atoms with van der Waals surface area (Å²) >= 11 is 7.85. The molecule has 34 heavy (non-hydrogen) atoms. The van der Waals surface area contributed by atoms with Gasteiger partial charge in [-0.05, 0) is 74.0 Å². The standard InChI is InChI=1S/C27H25ClN2O3S/c1-4-32-23-14-20(13-22(28)25(23)33-16-19-9-5-17(2)6-10-19)15-24-26(31)30-27(34-24)29-21-11-7-18(3)8-12-21/h5-15H,4,16H2,1-3H3,(H,29,30,31). The molecule has 1 heterocycles. The first kappa shape index (κ1) is 23.9. The van der Waals surface area contributed by atoms with Crippen LogP contribution in [0.15, 0.2) is 70.6 Å². The number of amides is 1. The van der Waals surface area contributed by atoms with Crippen molar-refractivity contribution in [3.05, 3.63) is 92.8 Å². The molecule has 0 bridgehead atoms. The van der Waals surface area contributed by atoms with E-state index >= 15 is 0 Å². The van der Waals surface area contributed by atoms with Crippen LogP contribution in [-0.4, -0.2) is 17.7 Å². The SMILES string of the molecule is CCOc1cc(C=C2SC(=Nc3ccc(C)cc3)NC2=O)cc(Cl)c1OCc1ccc(C)cc1. The maximum atomic E-state index is 12.5. The van der Waals surface area contributed by atoms with Gasteiger partial charge in [-0.2, -0.15) is 0 Å². The molecule has 4 rings (SSSR count). The van der Waals surface area contributed by atoms with Crippen molar-refractivity contribution in [1.29, 1.82) is 0 Å². The van der Waals surface area contributed by atoms with E-state index in [4.69, 9.17) is 21.1 Å². The molecule has 1 fully saturated rings. The van der Waals surface area contributed by atoms with E-state index in [1.165, 1.54) is 17.3 Å². The van der Waals surface area contributed by atoms with Gasteiger partial charge in [0.1, 0.15) is 6.61 Å². The highest BCUT2D eigenvalue weighted by atomic mass is 35.5. The number of aliphatic imine (C=N–C) groups is 1. The zero-order valence-corrected chi connectivity index (χ0v) is 20.8. The summed E-state index contributed by atoms with van der Waals surface area (Å²) in [6.07, 6.45) is 1.77. The molecule has 1 amide bonds. The third kappa shape index (κ3) is 6.01. The highest BCUT2D eigenvalue weighted by Crippen LogP contribution is 2.39. The Kier molecular flexibility index (Phi) is 7.60. The molecule has 1 N–H and O–H groups in total. The zero-order chi connectivity index (χ0) is 24.1. The van der Waals surface area contributed by atoms with Crippen LogP contribution in [0, 0.1) is 13.8 Å². The van der Waals surface area contributed by atoms with E-state index in [0.29, 0.717) is 39.8 Å². The highest BCUT2D eigenvalue weighted by Gasteiger charge is 2.24. The summed E-state index contributed by atoms with van der Waals surface area (Å²) in [5, 5.41) is 3.77. The molecule has 3 aromatic carbocycles. The van der Waals surface area contributed by atoms with Gasteiger partial charge in [0.15, 0.2) is 16.7 Å². The molecule has 0 unspecified atom stereocenters. The lowest BCUT2D eigenvalue weighted by Gasteiger charge is -2.15. The minimum Gasteiger partial charge on any atom is -0.490 e. The number of carbonyl (C=O) groups excluding carboxylic acids is 1. The lowest BCUT2D eigenvalue weighted by atomic mass is 10.1. The molecule has 0 radical (unpaired) electrons. The van der Waals surface area contributed by atoms with Crippen LogP contribution in [0.5, 0.6) is 11.5 Å². The highest BCUT2D eigenvalue weighted by molar-refractivity contribution is 8.18. The Morgan fingerprint density at radius 1 is 1.00 bits per heavy atom. The number of ether oxygens (including phenoxy) is 2. The number of thioether (sulfide) groups is 1. The first-order valence-corrected chi connectivity index (χ1v) is 12.1. The first-order valence-electron chi connectivity index (χ1n) is 10.9. The molecule has 7 heteroatoms. The number of hydrogen-bond acceptors (Lipinski definition) is 5. The molecule has 0 aliphatic carbocycles. The van der Waals surface area contributed by atoms with E-state index in [2.05, 4.69) is 10.3 Å². The Morgan fingerprint density at radius 2 is 1.68 bits per heavy atom. The minimum atomic E-state index is -0.204. The Labute approximate surface area is 208 Å². The predicted octanol–water partition coefficient (Wildman–Crippen LogP) is 6.83. The molecule has 5 nitrogen and oxygen atoms in total. The number of benzene rings is 3. The van der Waals surface area contributed by atoms with Gasteiger partial charge in [0.2, 0.25) is 0 Å². The third-order valence-corrected chi connectivity index (χ3v) is 6.24. The summed E-state index contributed by atoms with van der Waals surface area (Å²) in [6.45, 7) is 6.79. The summed E-state index contributed by atoms with van der Waals surface area (Å²) in [5.74, 6) is 0.812. The topological polar surface area (TPSA) is 59.9 Å². The Hall–Kier alpha value is -3.22. The molecule has 1 aliphatic heterocycles. The number of carbonyl (C=O) groups is 1. The van der Waals surface area contributed by atoms with Crippen molar-refractivity contribution in [2.45, 2.75) is 27.4 Å². The van der Waals surface area contributed by atoms with Crippen LogP contribution >= 0.6 is 23.4 Å². The summed E-state index contributed by atoms with van der Waals surface area (Å²) in [5.41, 5.74) is 4.91. The van der Waals surface area contributed by atoms with Gasteiger partial charge >= 0.3 is 0 Å². The number of halogens is 1. The van der Waals surface area contributed by atoms with Crippen LogP contribution < -0.4 is 14.8 Å². The molecule has 1 saturated heterocycles. The minimum absolute atomic E-state index is 0.204. The monoisotopic (exact) mass is 492 g/mol. The largest absolute Gasteiger partial charge is 0.490 e. The lowest BCUT2D eigenvalue weighted by Crippen LogP contribution is -2.19. The van der Waals surface area contributed by atoms with E-state index in [0.717, 1.165) is 22.4 Å². The van der Waals surface area contributed by atoms with Crippen molar-refractivity contribution in [3.8, 4) is 11.5 Å². The molecule has 0 atom stereocenters. The molecule has 174 valence electrons. The maximum Gasteiger partial charge on any atom is 0.264 e. The summed E-state index contributed by atoms with van der Waals surface area (Å²) in [6, 6.07) is 19.5. The van der Waals surface area contributed by atoms with Crippen LogP contribution in [0.3, 0.4) is 0 Å². The quantitative estimate of drug-likeness (QED) is 0.367. The average Bonchev–Trinajstić information content (AvgIpc) is 3.14. The second-order valence-corrected chi connectivity index (χ2v) is 9.29. The Bertz CT molecular complexity index is 1250.